The van der Waals surface area contributed by atoms with Gasteiger partial charge in [-0.3, -0.25) is 9.78 Å². The zero-order chi connectivity index (χ0) is 24.1. The number of amides is 1. The molecule has 2 aliphatic heterocycles. The van der Waals surface area contributed by atoms with Crippen molar-refractivity contribution in [3.63, 3.8) is 0 Å². The minimum absolute atomic E-state index is 0.190. The first-order chi connectivity index (χ1) is 15.6. The van der Waals surface area contributed by atoms with E-state index in [4.69, 9.17) is 19.4 Å². The van der Waals surface area contributed by atoms with Crippen LogP contribution in [0.2, 0.25) is 0 Å². The number of rotatable bonds is 4. The van der Waals surface area contributed by atoms with Crippen LogP contribution in [0, 0.1) is 6.92 Å². The lowest BCUT2D eigenvalue weighted by Gasteiger charge is -2.53. The second kappa shape index (κ2) is 10.6. The Labute approximate surface area is 190 Å². The van der Waals surface area contributed by atoms with Gasteiger partial charge in [0.05, 0.1) is 25.8 Å². The van der Waals surface area contributed by atoms with Crippen LogP contribution in [0.5, 0.6) is 0 Å². The van der Waals surface area contributed by atoms with E-state index < -0.39 is 12.1 Å². The fraction of sp³-hybridized carbons (Fsp3) is 0.609. The summed E-state index contributed by atoms with van der Waals surface area (Å²) in [5, 5.41) is 7.12. The Morgan fingerprint density at radius 2 is 2.03 bits per heavy atom. The average Bonchev–Trinajstić information content (AvgIpc) is 2.76. The van der Waals surface area contributed by atoms with E-state index in [1.165, 1.54) is 6.42 Å². The molecule has 1 atom stereocenters. The maximum atomic E-state index is 12.6. The summed E-state index contributed by atoms with van der Waals surface area (Å²) in [7, 11) is 0. The van der Waals surface area contributed by atoms with Gasteiger partial charge in [0.15, 0.2) is 0 Å². The number of halogens is 3. The third-order valence-corrected chi connectivity index (χ3v) is 5.92. The van der Waals surface area contributed by atoms with Crippen molar-refractivity contribution in [1.29, 1.82) is 0 Å². The van der Waals surface area contributed by atoms with Crippen molar-refractivity contribution >= 4 is 11.9 Å². The van der Waals surface area contributed by atoms with Crippen molar-refractivity contribution in [3.05, 3.63) is 41.2 Å². The van der Waals surface area contributed by atoms with E-state index in [0.717, 1.165) is 48.8 Å². The first kappa shape index (κ1) is 25.2. The number of ether oxygens (including phenoxy) is 2. The maximum absolute atomic E-state index is 12.6. The van der Waals surface area contributed by atoms with E-state index in [-0.39, 0.29) is 17.6 Å². The summed E-state index contributed by atoms with van der Waals surface area (Å²) in [4.78, 5) is 27.7. The Kier molecular flexibility index (Phi) is 8.12. The van der Waals surface area contributed by atoms with Crippen LogP contribution in [0.3, 0.4) is 0 Å². The minimum Gasteiger partial charge on any atom is -0.475 e. The Morgan fingerprint density at radius 1 is 1.30 bits per heavy atom. The van der Waals surface area contributed by atoms with Gasteiger partial charge < -0.3 is 19.5 Å². The Bertz CT molecular complexity index is 881. The molecule has 1 aliphatic carbocycles. The summed E-state index contributed by atoms with van der Waals surface area (Å²) in [5.41, 5.74) is 3.07. The third kappa shape index (κ3) is 7.01. The summed E-state index contributed by atoms with van der Waals surface area (Å²) in [6.07, 6.45) is 7.06. The summed E-state index contributed by atoms with van der Waals surface area (Å²) < 4.78 is 43.9. The molecule has 4 rings (SSSR count). The van der Waals surface area contributed by atoms with Crippen LogP contribution in [-0.4, -0.2) is 64.4 Å². The number of allylic oxidation sites excluding steroid dienone is 1. The summed E-state index contributed by atoms with van der Waals surface area (Å²) in [5.74, 6) is -2.54. The molecule has 2 saturated heterocycles. The van der Waals surface area contributed by atoms with Crippen molar-refractivity contribution in [3.8, 4) is 0 Å². The molecule has 1 aromatic rings. The van der Waals surface area contributed by atoms with Gasteiger partial charge in [-0.25, -0.2) is 4.79 Å². The van der Waals surface area contributed by atoms with Gasteiger partial charge >= 0.3 is 12.1 Å². The molecular weight excluding hydrogens is 441 g/mol. The van der Waals surface area contributed by atoms with Crippen LogP contribution < -0.4 is 0 Å². The molecule has 1 unspecified atom stereocenters. The SMILES string of the molecule is Cc1cncc(COC2CCOC3(C2)CN(C(=O)C2=CCCCC2)C3)c1.O=C(O)C(F)(F)F. The van der Waals surface area contributed by atoms with Gasteiger partial charge in [0.2, 0.25) is 5.91 Å². The van der Waals surface area contributed by atoms with Gasteiger partial charge in [-0.05, 0) is 50.2 Å². The third-order valence-electron chi connectivity index (χ3n) is 5.92. The van der Waals surface area contributed by atoms with Gasteiger partial charge in [0, 0.05) is 31.0 Å². The maximum Gasteiger partial charge on any atom is 0.490 e. The number of carbonyl (C=O) groups is 2. The molecule has 2 fully saturated rings. The number of nitrogens with zero attached hydrogens (tertiary/aromatic N) is 2. The zero-order valence-corrected chi connectivity index (χ0v) is 18.6. The number of alkyl halides is 3. The number of carbonyl (C=O) groups excluding carboxylic acids is 1. The van der Waals surface area contributed by atoms with E-state index in [1.54, 1.807) is 0 Å². The van der Waals surface area contributed by atoms with Crippen LogP contribution >= 0.6 is 0 Å². The number of pyridine rings is 1. The number of carboxylic acids is 1. The van der Waals surface area contributed by atoms with Crippen LogP contribution in [-0.2, 0) is 25.7 Å². The highest BCUT2D eigenvalue weighted by molar-refractivity contribution is 5.94. The molecule has 0 aromatic carbocycles. The summed E-state index contributed by atoms with van der Waals surface area (Å²) in [6.45, 7) is 4.75. The van der Waals surface area contributed by atoms with E-state index in [9.17, 15) is 18.0 Å². The van der Waals surface area contributed by atoms with Crippen LogP contribution in [0.4, 0.5) is 13.2 Å². The number of carboxylic acid groups (broad SMARTS) is 1. The molecule has 0 radical (unpaired) electrons. The van der Waals surface area contributed by atoms with Crippen molar-refractivity contribution in [2.24, 2.45) is 0 Å². The average molecular weight is 470 g/mol. The van der Waals surface area contributed by atoms with Crippen LogP contribution in [0.15, 0.2) is 30.1 Å². The van der Waals surface area contributed by atoms with Crippen molar-refractivity contribution in [2.45, 2.75) is 69.9 Å². The monoisotopic (exact) mass is 470 g/mol. The lowest BCUT2D eigenvalue weighted by atomic mass is 9.83. The Hall–Kier alpha value is -2.46. The summed E-state index contributed by atoms with van der Waals surface area (Å²) in [6, 6.07) is 2.11. The predicted octanol–water partition coefficient (Wildman–Crippen LogP) is 3.80. The Morgan fingerprint density at radius 3 is 2.64 bits per heavy atom. The largest absolute Gasteiger partial charge is 0.490 e. The number of aromatic nitrogens is 1. The molecule has 1 spiro atoms. The molecule has 3 heterocycles. The molecule has 0 saturated carbocycles. The van der Waals surface area contributed by atoms with E-state index in [1.807, 2.05) is 24.2 Å². The van der Waals surface area contributed by atoms with Gasteiger partial charge in [-0.2, -0.15) is 13.2 Å². The van der Waals surface area contributed by atoms with E-state index in [0.29, 0.717) is 26.3 Å². The van der Waals surface area contributed by atoms with Crippen LogP contribution in [0.1, 0.15) is 49.7 Å². The number of aryl methyl sites for hydroxylation is 1. The molecule has 1 N–H and O–H groups in total. The molecule has 7 nitrogen and oxygen atoms in total. The molecular formula is C23H29F3N2O5. The van der Waals surface area contributed by atoms with Gasteiger partial charge in [0.1, 0.15) is 5.60 Å². The number of aliphatic carboxylic acids is 1. The van der Waals surface area contributed by atoms with Gasteiger partial charge in [0.25, 0.3) is 0 Å². The standard InChI is InChI=1S/C21H28N2O3.C2HF3O2/c1-16-9-17(12-22-11-16)13-25-19-7-8-26-21(10-19)14-23(15-21)20(24)18-5-3-2-4-6-18;3-2(4,5)1(6)7/h5,9,11-12,19H,2-4,6-8,10,13-15H2,1H3;(H,6,7). The fourth-order valence-electron chi connectivity index (χ4n) is 4.28. The topological polar surface area (TPSA) is 89.0 Å². The lowest BCUT2D eigenvalue weighted by Crippen LogP contribution is -2.67. The minimum atomic E-state index is -5.08. The number of likely N-dealkylation sites (tertiary alicyclic amines) is 1. The smallest absolute Gasteiger partial charge is 0.475 e. The van der Waals surface area contributed by atoms with Gasteiger partial charge in [-0.1, -0.05) is 12.1 Å². The quantitative estimate of drug-likeness (QED) is 0.720. The first-order valence-electron chi connectivity index (χ1n) is 11.0. The molecule has 0 bridgehead atoms. The molecule has 1 aromatic heterocycles. The molecule has 1 amide bonds. The highest BCUT2D eigenvalue weighted by Crippen LogP contribution is 2.37. The molecule has 3 aliphatic rings. The van der Waals surface area contributed by atoms with E-state index >= 15 is 0 Å². The zero-order valence-electron chi connectivity index (χ0n) is 18.6. The van der Waals surface area contributed by atoms with Crippen molar-refractivity contribution in [1.82, 2.24) is 9.88 Å². The number of hydrogen-bond acceptors (Lipinski definition) is 5. The van der Waals surface area contributed by atoms with Crippen molar-refractivity contribution in [2.75, 3.05) is 19.7 Å². The predicted molar refractivity (Wildman–Crippen MR) is 112 cm³/mol. The van der Waals surface area contributed by atoms with E-state index in [2.05, 4.69) is 17.1 Å². The summed E-state index contributed by atoms with van der Waals surface area (Å²) >= 11 is 0. The molecule has 33 heavy (non-hydrogen) atoms. The van der Waals surface area contributed by atoms with Crippen molar-refractivity contribution < 1.29 is 37.3 Å². The molecule has 10 heteroatoms. The number of hydrogen-bond donors (Lipinski definition) is 1. The van der Waals surface area contributed by atoms with Crippen LogP contribution in [0.25, 0.3) is 0 Å². The normalized spacial score (nSPS) is 22.0. The highest BCUT2D eigenvalue weighted by atomic mass is 19.4. The molecule has 182 valence electrons. The van der Waals surface area contributed by atoms with Gasteiger partial charge in [-0.15, -0.1) is 0 Å². The second-order valence-electron chi connectivity index (χ2n) is 8.77. The first-order valence-corrected chi connectivity index (χ1v) is 11.0. The highest BCUT2D eigenvalue weighted by Gasteiger charge is 2.49. The fourth-order valence-corrected chi connectivity index (χ4v) is 4.28. The Balaban J connectivity index is 0.000000383. The lowest BCUT2D eigenvalue weighted by molar-refractivity contribution is -0.200. The second-order valence-corrected chi connectivity index (χ2v) is 8.77.